The molecule has 0 saturated heterocycles. The Morgan fingerprint density at radius 3 is 2.74 bits per heavy atom. The van der Waals surface area contributed by atoms with Crippen molar-refractivity contribution in [3.8, 4) is 0 Å². The van der Waals surface area contributed by atoms with Crippen LogP contribution in [0, 0.1) is 12.8 Å². The van der Waals surface area contributed by atoms with Crippen LogP contribution in [-0.2, 0) is 11.2 Å². The molecule has 1 aliphatic rings. The van der Waals surface area contributed by atoms with Crippen LogP contribution in [-0.4, -0.2) is 23.2 Å². The summed E-state index contributed by atoms with van der Waals surface area (Å²) in [5.41, 5.74) is 1.67. The first kappa shape index (κ1) is 14.5. The largest absolute Gasteiger partial charge is 0.394 e. The van der Waals surface area contributed by atoms with Crippen molar-refractivity contribution in [2.75, 3.05) is 6.61 Å². The first-order valence-corrected chi connectivity index (χ1v) is 7.41. The maximum atomic E-state index is 12.1. The van der Waals surface area contributed by atoms with E-state index < -0.39 is 5.54 Å². The molecule has 2 N–H and O–H groups in total. The van der Waals surface area contributed by atoms with E-state index in [-0.39, 0.29) is 12.5 Å². The van der Waals surface area contributed by atoms with Crippen molar-refractivity contribution in [1.29, 1.82) is 0 Å². The molecule has 1 atom stereocenters. The minimum atomic E-state index is -0.458. The fourth-order valence-corrected chi connectivity index (χ4v) is 2.86. The molecule has 2 rings (SSSR count). The quantitative estimate of drug-likeness (QED) is 0.874. The average molecular weight is 326 g/mol. The van der Waals surface area contributed by atoms with Crippen molar-refractivity contribution in [2.24, 2.45) is 5.92 Å². The molecule has 1 aliphatic carbocycles. The van der Waals surface area contributed by atoms with E-state index in [0.717, 1.165) is 28.4 Å². The molecular formula is C15H20BrNO2. The van der Waals surface area contributed by atoms with Gasteiger partial charge in [-0.3, -0.25) is 4.79 Å². The van der Waals surface area contributed by atoms with Crippen LogP contribution in [0.15, 0.2) is 22.7 Å². The third-order valence-corrected chi connectivity index (χ3v) is 4.38. The molecule has 3 nitrogen and oxygen atoms in total. The van der Waals surface area contributed by atoms with Crippen molar-refractivity contribution in [1.82, 2.24) is 5.32 Å². The van der Waals surface area contributed by atoms with Crippen molar-refractivity contribution in [3.63, 3.8) is 0 Å². The topological polar surface area (TPSA) is 49.3 Å². The maximum Gasteiger partial charge on any atom is 0.224 e. The van der Waals surface area contributed by atoms with Crippen LogP contribution in [0.3, 0.4) is 0 Å². The van der Waals surface area contributed by atoms with Gasteiger partial charge in [0.15, 0.2) is 0 Å². The number of hydrogen-bond acceptors (Lipinski definition) is 2. The highest BCUT2D eigenvalue weighted by molar-refractivity contribution is 9.10. The van der Waals surface area contributed by atoms with Gasteiger partial charge in [0.1, 0.15) is 0 Å². The van der Waals surface area contributed by atoms with Gasteiger partial charge in [-0.15, -0.1) is 0 Å². The first-order chi connectivity index (χ1) is 8.94. The highest BCUT2D eigenvalue weighted by atomic mass is 79.9. The van der Waals surface area contributed by atoms with E-state index in [1.807, 2.05) is 32.0 Å². The number of benzene rings is 1. The Kier molecular flexibility index (Phi) is 4.31. The Morgan fingerprint density at radius 1 is 1.53 bits per heavy atom. The average Bonchev–Trinajstić information content (AvgIpc) is 3.17. The monoisotopic (exact) mass is 325 g/mol. The van der Waals surface area contributed by atoms with Gasteiger partial charge < -0.3 is 10.4 Å². The Bertz CT molecular complexity index is 485. The molecule has 0 bridgehead atoms. The molecule has 1 unspecified atom stereocenters. The predicted molar refractivity (Wildman–Crippen MR) is 78.9 cm³/mol. The Hall–Kier alpha value is -0.870. The number of aliphatic hydroxyl groups excluding tert-OH is 1. The van der Waals surface area contributed by atoms with E-state index in [1.54, 1.807) is 0 Å². The van der Waals surface area contributed by atoms with Crippen molar-refractivity contribution in [3.05, 3.63) is 33.8 Å². The number of aryl methyl sites for hydroxylation is 1. The van der Waals surface area contributed by atoms with Gasteiger partial charge in [-0.05, 0) is 55.9 Å². The lowest BCUT2D eigenvalue weighted by molar-refractivity contribution is -0.123. The standard InChI is InChI=1S/C15H20BrNO2/c1-10-7-13(16)6-3-11(10)8-14(19)17-15(2,9-18)12-4-5-12/h3,6-7,12,18H,4-5,8-9H2,1-2H3,(H,17,19). The zero-order chi connectivity index (χ0) is 14.0. The Balaban J connectivity index is 2.00. The fraction of sp³-hybridized carbons (Fsp3) is 0.533. The van der Waals surface area contributed by atoms with Gasteiger partial charge >= 0.3 is 0 Å². The molecule has 0 heterocycles. The van der Waals surface area contributed by atoms with Gasteiger partial charge in [-0.2, -0.15) is 0 Å². The van der Waals surface area contributed by atoms with Crippen LogP contribution in [0.1, 0.15) is 30.9 Å². The number of halogens is 1. The van der Waals surface area contributed by atoms with Crippen LogP contribution in [0.4, 0.5) is 0 Å². The number of hydrogen-bond donors (Lipinski definition) is 2. The number of rotatable bonds is 5. The third-order valence-electron chi connectivity index (χ3n) is 3.89. The molecule has 1 saturated carbocycles. The summed E-state index contributed by atoms with van der Waals surface area (Å²) in [5, 5.41) is 12.5. The first-order valence-electron chi connectivity index (χ1n) is 6.61. The van der Waals surface area contributed by atoms with E-state index in [9.17, 15) is 9.90 Å². The van der Waals surface area contributed by atoms with Gasteiger partial charge in [0.05, 0.1) is 18.6 Å². The summed E-state index contributed by atoms with van der Waals surface area (Å²) in [6, 6.07) is 5.92. The SMILES string of the molecule is Cc1cc(Br)ccc1CC(=O)NC(C)(CO)C1CC1. The van der Waals surface area contributed by atoms with Crippen molar-refractivity contribution < 1.29 is 9.90 Å². The Labute approximate surface area is 122 Å². The highest BCUT2D eigenvalue weighted by Gasteiger charge is 2.42. The summed E-state index contributed by atoms with van der Waals surface area (Å²) in [6.45, 7) is 3.93. The number of nitrogens with one attached hydrogen (secondary N) is 1. The predicted octanol–water partition coefficient (Wildman–Crippen LogP) is 2.58. The zero-order valence-electron chi connectivity index (χ0n) is 11.4. The van der Waals surface area contributed by atoms with Crippen LogP contribution in [0.5, 0.6) is 0 Å². The normalized spacial score (nSPS) is 17.9. The minimum Gasteiger partial charge on any atom is -0.394 e. The van der Waals surface area contributed by atoms with Crippen LogP contribution < -0.4 is 5.32 Å². The molecule has 0 spiro atoms. The smallest absolute Gasteiger partial charge is 0.224 e. The minimum absolute atomic E-state index is 0.00271. The summed E-state index contributed by atoms with van der Waals surface area (Å²) in [5.74, 6) is 0.404. The third kappa shape index (κ3) is 3.57. The molecule has 0 radical (unpaired) electrons. The molecule has 104 valence electrons. The van der Waals surface area contributed by atoms with Gasteiger partial charge in [-0.25, -0.2) is 0 Å². The highest BCUT2D eigenvalue weighted by Crippen LogP contribution is 2.39. The molecule has 4 heteroatoms. The van der Waals surface area contributed by atoms with Gasteiger partial charge in [-0.1, -0.05) is 22.0 Å². The van der Waals surface area contributed by atoms with Gasteiger partial charge in [0.25, 0.3) is 0 Å². The van der Waals surface area contributed by atoms with E-state index in [0.29, 0.717) is 12.3 Å². The number of carbonyl (C=O) groups is 1. The second-order valence-electron chi connectivity index (χ2n) is 5.65. The second-order valence-corrected chi connectivity index (χ2v) is 6.56. The molecule has 0 aromatic heterocycles. The van der Waals surface area contributed by atoms with E-state index in [2.05, 4.69) is 21.2 Å². The zero-order valence-corrected chi connectivity index (χ0v) is 13.0. The van der Waals surface area contributed by atoms with Crippen LogP contribution in [0.25, 0.3) is 0 Å². The van der Waals surface area contributed by atoms with E-state index in [1.165, 1.54) is 0 Å². The number of aliphatic hydroxyl groups is 1. The Morgan fingerprint density at radius 2 is 2.21 bits per heavy atom. The summed E-state index contributed by atoms with van der Waals surface area (Å²) in [7, 11) is 0. The van der Waals surface area contributed by atoms with E-state index >= 15 is 0 Å². The van der Waals surface area contributed by atoms with Crippen LogP contribution in [0.2, 0.25) is 0 Å². The molecular weight excluding hydrogens is 306 g/mol. The van der Waals surface area contributed by atoms with E-state index in [4.69, 9.17) is 0 Å². The lowest BCUT2D eigenvalue weighted by Gasteiger charge is -2.29. The molecule has 1 amide bonds. The second kappa shape index (κ2) is 5.63. The summed E-state index contributed by atoms with van der Waals surface area (Å²) in [4.78, 5) is 12.1. The molecule has 19 heavy (non-hydrogen) atoms. The van der Waals surface area contributed by atoms with Gasteiger partial charge in [0, 0.05) is 4.47 Å². The summed E-state index contributed by atoms with van der Waals surface area (Å²) in [6.07, 6.45) is 2.55. The number of amides is 1. The molecule has 1 aromatic carbocycles. The fourth-order valence-electron chi connectivity index (χ4n) is 2.38. The molecule has 1 aromatic rings. The lowest BCUT2D eigenvalue weighted by Crippen LogP contribution is -2.51. The van der Waals surface area contributed by atoms with Crippen molar-refractivity contribution in [2.45, 2.75) is 38.6 Å². The molecule has 0 aliphatic heterocycles. The molecule has 1 fully saturated rings. The van der Waals surface area contributed by atoms with Crippen molar-refractivity contribution >= 4 is 21.8 Å². The number of carbonyl (C=O) groups excluding carboxylic acids is 1. The van der Waals surface area contributed by atoms with Gasteiger partial charge in [0.2, 0.25) is 5.91 Å². The summed E-state index contributed by atoms with van der Waals surface area (Å²) >= 11 is 3.42. The lowest BCUT2D eigenvalue weighted by atomic mass is 9.96. The summed E-state index contributed by atoms with van der Waals surface area (Å²) < 4.78 is 1.02. The maximum absolute atomic E-state index is 12.1. The van der Waals surface area contributed by atoms with Crippen LogP contribution >= 0.6 is 15.9 Å².